The molecule has 4 heterocycles. The van der Waals surface area contributed by atoms with Crippen LogP contribution in [0.1, 0.15) is 29.5 Å². The van der Waals surface area contributed by atoms with E-state index in [1.54, 1.807) is 17.1 Å². The van der Waals surface area contributed by atoms with E-state index in [-0.39, 0.29) is 11.9 Å². The van der Waals surface area contributed by atoms with Crippen LogP contribution in [0.25, 0.3) is 11.4 Å². The lowest BCUT2D eigenvalue weighted by Crippen LogP contribution is -2.33. The first-order valence-electron chi connectivity index (χ1n) is 9.26. The summed E-state index contributed by atoms with van der Waals surface area (Å²) in [5, 5.41) is 4.41. The zero-order chi connectivity index (χ0) is 19.0. The summed E-state index contributed by atoms with van der Waals surface area (Å²) in [6.45, 7) is 7.76. The van der Waals surface area contributed by atoms with Gasteiger partial charge in [-0.2, -0.15) is 5.10 Å². The second-order valence-electron chi connectivity index (χ2n) is 7.20. The Balaban J connectivity index is 1.51. The molecule has 1 amide bonds. The van der Waals surface area contributed by atoms with Crippen LogP contribution in [-0.4, -0.2) is 48.2 Å². The van der Waals surface area contributed by atoms with Crippen LogP contribution in [0.3, 0.4) is 0 Å². The van der Waals surface area contributed by atoms with Crippen molar-refractivity contribution in [2.75, 3.05) is 13.1 Å². The normalized spacial score (nSPS) is 16.9. The number of aromatic nitrogens is 5. The molecule has 0 radical (unpaired) electrons. The first-order chi connectivity index (χ1) is 13.0. The third kappa shape index (κ3) is 3.37. The quantitative estimate of drug-likeness (QED) is 0.713. The van der Waals surface area contributed by atoms with Gasteiger partial charge < -0.3 is 9.47 Å². The summed E-state index contributed by atoms with van der Waals surface area (Å²) in [6.07, 6.45) is 6.39. The number of hydrogen-bond donors (Lipinski definition) is 0. The van der Waals surface area contributed by atoms with Crippen LogP contribution in [-0.2, 0) is 11.3 Å². The summed E-state index contributed by atoms with van der Waals surface area (Å²) in [6, 6.07) is 6.17. The highest BCUT2D eigenvalue weighted by Gasteiger charge is 2.30. The van der Waals surface area contributed by atoms with Crippen molar-refractivity contribution in [2.24, 2.45) is 0 Å². The Labute approximate surface area is 158 Å². The van der Waals surface area contributed by atoms with Gasteiger partial charge in [-0.1, -0.05) is 0 Å². The fourth-order valence-electron chi connectivity index (χ4n) is 3.86. The Morgan fingerprint density at radius 2 is 1.96 bits per heavy atom. The Kier molecular flexibility index (Phi) is 4.51. The molecule has 140 valence electrons. The monoisotopic (exact) mass is 364 g/mol. The SMILES string of the molecule is Cc1cc(C)n(CC(=O)N2CCC(n3c(C)cnc3-c3ccncc3)C2)n1. The van der Waals surface area contributed by atoms with Crippen molar-refractivity contribution in [3.8, 4) is 11.4 Å². The summed E-state index contributed by atoms with van der Waals surface area (Å²) >= 11 is 0. The van der Waals surface area contributed by atoms with Gasteiger partial charge in [-0.15, -0.1) is 0 Å². The molecular formula is C20H24N6O. The van der Waals surface area contributed by atoms with Gasteiger partial charge in [0.1, 0.15) is 12.4 Å². The lowest BCUT2D eigenvalue weighted by Gasteiger charge is -2.20. The van der Waals surface area contributed by atoms with Gasteiger partial charge in [-0.05, 0) is 45.4 Å². The van der Waals surface area contributed by atoms with Gasteiger partial charge >= 0.3 is 0 Å². The van der Waals surface area contributed by atoms with Crippen LogP contribution in [0.2, 0.25) is 0 Å². The molecule has 7 heteroatoms. The van der Waals surface area contributed by atoms with Crippen molar-refractivity contribution < 1.29 is 4.79 Å². The van der Waals surface area contributed by atoms with Crippen LogP contribution in [0, 0.1) is 20.8 Å². The molecule has 3 aromatic rings. The van der Waals surface area contributed by atoms with Crippen LogP contribution < -0.4 is 0 Å². The van der Waals surface area contributed by atoms with E-state index in [2.05, 4.69) is 26.6 Å². The number of aryl methyl sites for hydroxylation is 3. The molecule has 0 spiro atoms. The molecule has 1 aliphatic rings. The molecular weight excluding hydrogens is 340 g/mol. The maximum Gasteiger partial charge on any atom is 0.244 e. The number of likely N-dealkylation sites (tertiary alicyclic amines) is 1. The van der Waals surface area contributed by atoms with E-state index < -0.39 is 0 Å². The highest BCUT2D eigenvalue weighted by molar-refractivity contribution is 5.76. The molecule has 27 heavy (non-hydrogen) atoms. The summed E-state index contributed by atoms with van der Waals surface area (Å²) < 4.78 is 4.04. The van der Waals surface area contributed by atoms with Crippen LogP contribution in [0.15, 0.2) is 36.8 Å². The van der Waals surface area contributed by atoms with Gasteiger partial charge in [0, 0.05) is 48.6 Å². The summed E-state index contributed by atoms with van der Waals surface area (Å²) in [5.41, 5.74) is 4.11. The lowest BCUT2D eigenvalue weighted by molar-refractivity contribution is -0.131. The van der Waals surface area contributed by atoms with E-state index >= 15 is 0 Å². The standard InChI is InChI=1S/C20H24N6O/c1-14-10-15(2)25(23-14)13-19(27)24-9-6-18(12-24)26-16(3)11-22-20(26)17-4-7-21-8-5-17/h4-5,7-8,10-11,18H,6,9,12-13H2,1-3H3. The predicted molar refractivity (Wildman–Crippen MR) is 102 cm³/mol. The molecule has 1 saturated heterocycles. The largest absolute Gasteiger partial charge is 0.339 e. The number of imidazole rings is 1. The molecule has 0 bridgehead atoms. The first-order valence-corrected chi connectivity index (χ1v) is 9.26. The molecule has 1 atom stereocenters. The minimum Gasteiger partial charge on any atom is -0.339 e. The number of hydrogen-bond acceptors (Lipinski definition) is 4. The minimum absolute atomic E-state index is 0.118. The molecule has 0 N–H and O–H groups in total. The molecule has 0 aromatic carbocycles. The summed E-state index contributed by atoms with van der Waals surface area (Å²) in [7, 11) is 0. The van der Waals surface area contributed by atoms with Crippen LogP contribution in [0.5, 0.6) is 0 Å². The second-order valence-corrected chi connectivity index (χ2v) is 7.20. The molecule has 3 aromatic heterocycles. The van der Waals surface area contributed by atoms with E-state index in [0.717, 1.165) is 41.4 Å². The number of amides is 1. The van der Waals surface area contributed by atoms with Crippen LogP contribution >= 0.6 is 0 Å². The number of carbonyl (C=O) groups is 1. The zero-order valence-electron chi connectivity index (χ0n) is 16.0. The number of rotatable bonds is 4. The van der Waals surface area contributed by atoms with E-state index in [9.17, 15) is 4.79 Å². The Hall–Kier alpha value is -2.96. The maximum atomic E-state index is 12.8. The van der Waals surface area contributed by atoms with Gasteiger partial charge in [0.2, 0.25) is 5.91 Å². The minimum atomic E-state index is 0.118. The molecule has 4 rings (SSSR count). The fraction of sp³-hybridized carbons (Fsp3) is 0.400. The van der Waals surface area contributed by atoms with Crippen molar-refractivity contribution in [2.45, 2.75) is 39.8 Å². The third-order valence-corrected chi connectivity index (χ3v) is 5.19. The lowest BCUT2D eigenvalue weighted by atomic mass is 10.2. The Morgan fingerprint density at radius 3 is 2.67 bits per heavy atom. The average molecular weight is 364 g/mol. The number of nitrogens with zero attached hydrogens (tertiary/aromatic N) is 6. The van der Waals surface area contributed by atoms with Crippen LogP contribution in [0.4, 0.5) is 0 Å². The van der Waals surface area contributed by atoms with Crippen molar-refractivity contribution in [3.05, 3.63) is 53.9 Å². The summed E-state index contributed by atoms with van der Waals surface area (Å²) in [4.78, 5) is 23.4. The third-order valence-electron chi connectivity index (χ3n) is 5.19. The first kappa shape index (κ1) is 17.5. The van der Waals surface area contributed by atoms with E-state index in [0.29, 0.717) is 13.1 Å². The predicted octanol–water partition coefficient (Wildman–Crippen LogP) is 2.54. The molecule has 0 saturated carbocycles. The molecule has 1 aliphatic heterocycles. The van der Waals surface area contributed by atoms with E-state index in [1.165, 1.54) is 0 Å². The van der Waals surface area contributed by atoms with Gasteiger partial charge in [-0.3, -0.25) is 14.5 Å². The smallest absolute Gasteiger partial charge is 0.244 e. The highest BCUT2D eigenvalue weighted by Crippen LogP contribution is 2.29. The van der Waals surface area contributed by atoms with Gasteiger partial charge in [0.15, 0.2) is 0 Å². The molecule has 7 nitrogen and oxygen atoms in total. The van der Waals surface area contributed by atoms with Crippen molar-refractivity contribution in [3.63, 3.8) is 0 Å². The molecule has 1 unspecified atom stereocenters. The number of carbonyl (C=O) groups excluding carboxylic acids is 1. The molecule has 0 aliphatic carbocycles. The van der Waals surface area contributed by atoms with Gasteiger partial charge in [-0.25, -0.2) is 4.98 Å². The molecule has 1 fully saturated rings. The number of pyridine rings is 1. The topological polar surface area (TPSA) is 68.8 Å². The maximum absolute atomic E-state index is 12.8. The average Bonchev–Trinajstić information content (AvgIpc) is 3.35. The van der Waals surface area contributed by atoms with E-state index in [1.807, 2.05) is 43.1 Å². The highest BCUT2D eigenvalue weighted by atomic mass is 16.2. The zero-order valence-corrected chi connectivity index (χ0v) is 16.0. The summed E-state index contributed by atoms with van der Waals surface area (Å²) in [5.74, 6) is 1.06. The van der Waals surface area contributed by atoms with Crippen molar-refractivity contribution in [1.82, 2.24) is 29.2 Å². The van der Waals surface area contributed by atoms with E-state index in [4.69, 9.17) is 0 Å². The fourth-order valence-corrected chi connectivity index (χ4v) is 3.86. The Bertz CT molecular complexity index is 958. The second kappa shape index (κ2) is 6.98. The van der Waals surface area contributed by atoms with Gasteiger partial charge in [0.05, 0.1) is 11.7 Å². The Morgan fingerprint density at radius 1 is 1.19 bits per heavy atom. The van der Waals surface area contributed by atoms with Crippen molar-refractivity contribution in [1.29, 1.82) is 0 Å². The van der Waals surface area contributed by atoms with Gasteiger partial charge in [0.25, 0.3) is 0 Å². The van der Waals surface area contributed by atoms with Crippen molar-refractivity contribution >= 4 is 5.91 Å².